The number of esters is 1. The Morgan fingerprint density at radius 3 is 1.31 bits per heavy atom. The number of fused-ring (bicyclic) bond motifs is 6. The third kappa shape index (κ3) is 9.38. The molecule has 0 aromatic rings. The summed E-state index contributed by atoms with van der Waals surface area (Å²) in [4.78, 5) is 64.2. The van der Waals surface area contributed by atoms with Crippen LogP contribution >= 0.6 is 0 Å². The van der Waals surface area contributed by atoms with Gasteiger partial charge in [0.1, 0.15) is 63.1 Å². The maximum atomic E-state index is 13.9. The van der Waals surface area contributed by atoms with Gasteiger partial charge < -0.3 is 93.3 Å². The van der Waals surface area contributed by atoms with Gasteiger partial charge in [-0.15, -0.1) is 0 Å². The number of carbonyl (C=O) groups is 5. The number of ether oxygens (including phenoxy) is 10. The molecule has 27 nitrogen and oxygen atoms in total. The van der Waals surface area contributed by atoms with Crippen LogP contribution in [0.4, 0.5) is 0 Å². The van der Waals surface area contributed by atoms with Crippen molar-refractivity contribution in [3.8, 4) is 0 Å². The van der Waals surface area contributed by atoms with Crippen LogP contribution in [0.3, 0.4) is 0 Å². The topological polar surface area (TPSA) is 369 Å². The number of aliphatic carboxylic acids is 4. The van der Waals surface area contributed by atoms with Crippen LogP contribution in [0.25, 0.3) is 0 Å². The summed E-state index contributed by atoms with van der Waals surface area (Å²) in [7, 11) is 1.45. The first-order valence-corrected chi connectivity index (χ1v) is 25.7. The quantitative estimate of drug-likeness (QED) is 0.0362. The molecular formula is C50H83N3O24. The third-order valence-electron chi connectivity index (χ3n) is 19.3. The van der Waals surface area contributed by atoms with E-state index in [-0.39, 0.29) is 65.6 Å². The van der Waals surface area contributed by atoms with Gasteiger partial charge in [-0.3, -0.25) is 38.7 Å². The number of methoxy groups -OCH3 is 1. The number of aliphatic hydroxyl groups is 5. The second kappa shape index (κ2) is 20.6. The highest BCUT2D eigenvalue weighted by atomic mass is 16.8. The van der Waals surface area contributed by atoms with Gasteiger partial charge in [0, 0.05) is 39.7 Å². The standard InChI is InChI=1S/C50H83N3O24/c1-14-48-36(64)42(7,75-48)43(8,65)40(5,72-48)28-70-26-38(3)47(12)45(10,67)41(6,29-69-25-37(2)46(11)44(9,66)39(4,27-68-13)73-49(37,24-54)76-46)74-50(38,77-47)30-71-35(63)23-53(22-34(61)62)18-16-51(19-31(55)56)15-17-52(20-32(57)58)21-33(59)60/h36,54,64-67H,14-30H2,1-13H3,(H,55,56)(H,57,58)(H,59,60)(H,61,62)/t36-,37-,38-,39+,40+,41+,42+,43?,44?,45?,46+,47+,48?,49?,50?/m0/s1. The number of hydrogen-bond acceptors (Lipinski definition) is 23. The van der Waals surface area contributed by atoms with Crippen LogP contribution in [-0.2, 0) is 71.3 Å². The lowest BCUT2D eigenvalue weighted by Gasteiger charge is -2.78. The van der Waals surface area contributed by atoms with Crippen LogP contribution in [0, 0.1) is 10.8 Å². The van der Waals surface area contributed by atoms with Gasteiger partial charge in [-0.25, -0.2) is 0 Å². The molecule has 0 amide bonds. The summed E-state index contributed by atoms with van der Waals surface area (Å²) >= 11 is 0. The maximum absolute atomic E-state index is 13.9. The van der Waals surface area contributed by atoms with E-state index in [4.69, 9.17) is 47.4 Å². The van der Waals surface area contributed by atoms with Gasteiger partial charge in [0.2, 0.25) is 11.6 Å². The highest BCUT2D eigenvalue weighted by Crippen LogP contribution is 2.71. The van der Waals surface area contributed by atoms with E-state index in [1.54, 1.807) is 69.2 Å². The highest BCUT2D eigenvalue weighted by Gasteiger charge is 2.88. The van der Waals surface area contributed by atoms with Gasteiger partial charge in [-0.1, -0.05) is 6.92 Å². The Bertz CT molecular complexity index is 2260. The van der Waals surface area contributed by atoms with Crippen LogP contribution in [0.1, 0.15) is 89.5 Å². The zero-order valence-electron chi connectivity index (χ0n) is 46.6. The van der Waals surface area contributed by atoms with Gasteiger partial charge >= 0.3 is 29.8 Å². The van der Waals surface area contributed by atoms with Gasteiger partial charge in [0.25, 0.3) is 0 Å². The first kappa shape index (κ1) is 62.9. The molecule has 27 heteroatoms. The molecule has 77 heavy (non-hydrogen) atoms. The van der Waals surface area contributed by atoms with Gasteiger partial charge in [0.05, 0.1) is 83.2 Å². The average molecular weight is 1110 g/mol. The fraction of sp³-hybridized carbons (Fsp3) is 0.900. The summed E-state index contributed by atoms with van der Waals surface area (Å²) < 4.78 is 62.7. The Balaban J connectivity index is 1.25. The van der Waals surface area contributed by atoms with E-state index in [1.165, 1.54) is 30.8 Å². The predicted molar refractivity (Wildman–Crippen MR) is 261 cm³/mol. The summed E-state index contributed by atoms with van der Waals surface area (Å²) in [5.74, 6) is -11.3. The number of hydrogen-bond donors (Lipinski definition) is 9. The Hall–Kier alpha value is -3.33. The molecule has 0 aromatic carbocycles. The van der Waals surface area contributed by atoms with E-state index in [2.05, 4.69) is 0 Å². The first-order chi connectivity index (χ1) is 35.2. The van der Waals surface area contributed by atoms with E-state index in [0.29, 0.717) is 0 Å². The number of rotatable bonds is 30. The average Bonchev–Trinajstić information content (AvgIpc) is 3.30. The number of carboxylic acid groups (broad SMARTS) is 4. The predicted octanol–water partition coefficient (Wildman–Crippen LogP) is -1.70. The van der Waals surface area contributed by atoms with Crippen molar-refractivity contribution in [3.05, 3.63) is 0 Å². The largest absolute Gasteiger partial charge is 0.480 e. The lowest BCUT2D eigenvalue weighted by Crippen LogP contribution is -2.94. The van der Waals surface area contributed by atoms with Gasteiger partial charge in [0.15, 0.2) is 5.79 Å². The Labute approximate surface area is 447 Å². The molecule has 0 saturated carbocycles. The summed E-state index contributed by atoms with van der Waals surface area (Å²) in [6, 6.07) is 0. The number of aliphatic hydroxyl groups excluding tert-OH is 2. The van der Waals surface area contributed by atoms with E-state index in [9.17, 15) is 69.9 Å². The Kier molecular flexibility index (Phi) is 16.8. The molecule has 8 fully saturated rings. The van der Waals surface area contributed by atoms with Crippen molar-refractivity contribution in [2.24, 2.45) is 10.8 Å². The molecule has 0 radical (unpaired) electrons. The van der Waals surface area contributed by atoms with E-state index < -0.39 is 160 Å². The number of nitrogens with zero attached hydrogens (tertiary/aromatic N) is 3. The summed E-state index contributed by atoms with van der Waals surface area (Å²) in [6.45, 7) is 12.9. The lowest BCUT2D eigenvalue weighted by molar-refractivity contribution is -0.583. The molecule has 6 unspecified atom stereocenters. The van der Waals surface area contributed by atoms with Gasteiger partial charge in [-0.2, -0.15) is 0 Å². The summed E-state index contributed by atoms with van der Waals surface area (Å²) in [6.07, 6.45) is -0.932. The zero-order chi connectivity index (χ0) is 58.3. The lowest BCUT2D eigenvalue weighted by atomic mass is 9.50. The first-order valence-electron chi connectivity index (χ1n) is 25.7. The Morgan fingerprint density at radius 2 is 0.883 bits per heavy atom. The van der Waals surface area contributed by atoms with E-state index >= 15 is 0 Å². The molecule has 442 valence electrons. The van der Waals surface area contributed by atoms with Crippen LogP contribution in [0.2, 0.25) is 0 Å². The number of carbonyl (C=O) groups excluding carboxylic acids is 1. The van der Waals surface area contributed by atoms with Crippen molar-refractivity contribution < 1.29 is 117 Å². The van der Waals surface area contributed by atoms with Crippen molar-refractivity contribution in [1.82, 2.24) is 14.7 Å². The minimum Gasteiger partial charge on any atom is -0.480 e. The fourth-order valence-electron chi connectivity index (χ4n) is 12.9. The van der Waals surface area contributed by atoms with E-state index in [1.807, 2.05) is 0 Å². The zero-order valence-corrected chi connectivity index (χ0v) is 46.6. The second-order valence-electron chi connectivity index (χ2n) is 23.9. The maximum Gasteiger partial charge on any atom is 0.320 e. The van der Waals surface area contributed by atoms with Crippen molar-refractivity contribution in [1.29, 1.82) is 0 Å². The molecule has 15 atom stereocenters. The molecule has 0 spiro atoms. The van der Waals surface area contributed by atoms with Crippen LogP contribution in [0.15, 0.2) is 0 Å². The van der Waals surface area contributed by atoms with Crippen molar-refractivity contribution >= 4 is 29.8 Å². The normalized spacial score (nSPS) is 44.6. The van der Waals surface area contributed by atoms with Crippen molar-refractivity contribution in [2.45, 2.75) is 163 Å². The van der Waals surface area contributed by atoms with Crippen LogP contribution < -0.4 is 0 Å². The van der Waals surface area contributed by atoms with Crippen molar-refractivity contribution in [3.63, 3.8) is 0 Å². The molecular weight excluding hydrogens is 1030 g/mol. The summed E-state index contributed by atoms with van der Waals surface area (Å²) in [5, 5.41) is 96.9. The molecule has 6 bridgehead atoms. The third-order valence-corrected chi connectivity index (χ3v) is 19.3. The van der Waals surface area contributed by atoms with E-state index in [0.717, 1.165) is 4.90 Å². The minimum absolute atomic E-state index is 0.0424. The fourth-order valence-corrected chi connectivity index (χ4v) is 12.9. The molecule has 0 aromatic heterocycles. The Morgan fingerprint density at radius 1 is 0.494 bits per heavy atom. The number of carboxylic acids is 4. The second-order valence-corrected chi connectivity index (χ2v) is 23.9. The van der Waals surface area contributed by atoms with Crippen molar-refractivity contribution in [2.75, 3.05) is 112 Å². The minimum atomic E-state index is -1.98. The molecule has 8 saturated heterocycles. The molecule has 9 N–H and O–H groups in total. The van der Waals surface area contributed by atoms with Gasteiger partial charge in [-0.05, 0) is 76.2 Å². The molecule has 8 aliphatic rings. The molecule has 8 rings (SSSR count). The molecule has 0 aliphatic carbocycles. The SMILES string of the molecule is CCC12O[C@](C)(COC[C@]3(C)C4(COC(=O)CN(CCN(CCN(CC(=O)O)CC(=O)O)CC(=O)O)CC(=O)O)O[C@](C)(COC[C@]5(C)C6(CO)O[C@](C)(COC)C(C)(O)[C@]5(C)O6)C(C)(O)[C@]3(C)O4)C(C)(O)[C@](C)(O1)[C@@H]2O. The highest BCUT2D eigenvalue weighted by molar-refractivity contribution is 5.74. The van der Waals surface area contributed by atoms with Crippen LogP contribution in [-0.4, -0.2) is 277 Å². The smallest absolute Gasteiger partial charge is 0.320 e. The molecule has 8 aliphatic heterocycles. The monoisotopic (exact) mass is 1110 g/mol. The summed E-state index contributed by atoms with van der Waals surface area (Å²) in [5.41, 5.74) is -17.2. The van der Waals surface area contributed by atoms with Crippen LogP contribution in [0.5, 0.6) is 0 Å². The molecule has 8 heterocycles.